The third kappa shape index (κ3) is 4.20. The van der Waals surface area contributed by atoms with Crippen molar-refractivity contribution in [1.29, 1.82) is 0 Å². The molecule has 1 N–H and O–H groups in total. The summed E-state index contributed by atoms with van der Waals surface area (Å²) in [7, 11) is -3.67. The molecule has 0 radical (unpaired) electrons. The number of aryl methyl sites for hydroxylation is 2. The van der Waals surface area contributed by atoms with Crippen molar-refractivity contribution in [2.75, 3.05) is 24.5 Å². The minimum Gasteiger partial charge on any atom is -0.481 e. The van der Waals surface area contributed by atoms with Crippen LogP contribution in [-0.4, -0.2) is 49.5 Å². The maximum absolute atomic E-state index is 13.1. The molecule has 0 bridgehead atoms. The highest BCUT2D eigenvalue weighted by molar-refractivity contribution is 7.89. The number of benzene rings is 2. The van der Waals surface area contributed by atoms with Crippen LogP contribution >= 0.6 is 0 Å². The summed E-state index contributed by atoms with van der Waals surface area (Å²) in [6.45, 7) is 7.24. The molecule has 6 nitrogen and oxygen atoms in total. The molecule has 3 rings (SSSR count). The maximum atomic E-state index is 13.1. The molecule has 1 aliphatic heterocycles. The van der Waals surface area contributed by atoms with E-state index in [9.17, 15) is 13.2 Å². The predicted octanol–water partition coefficient (Wildman–Crippen LogP) is 2.83. The van der Waals surface area contributed by atoms with Crippen LogP contribution in [-0.2, 0) is 21.2 Å². The highest BCUT2D eigenvalue weighted by Gasteiger charge is 2.32. The number of hydrogen-bond acceptors (Lipinski definition) is 4. The summed E-state index contributed by atoms with van der Waals surface area (Å²) in [4.78, 5) is 13.4. The lowest BCUT2D eigenvalue weighted by molar-refractivity contribution is -0.136. The number of rotatable bonds is 5. The minimum absolute atomic E-state index is 0.0364. The molecule has 1 atom stereocenters. The summed E-state index contributed by atoms with van der Waals surface area (Å²) in [5.41, 5.74) is 3.58. The van der Waals surface area contributed by atoms with Crippen LogP contribution in [0, 0.1) is 13.8 Å². The Balaban J connectivity index is 1.81. The van der Waals surface area contributed by atoms with Crippen LogP contribution in [0.1, 0.15) is 23.6 Å². The molecular weight excluding hydrogens is 376 g/mol. The number of carboxylic acid groups (broad SMARTS) is 1. The molecule has 1 heterocycles. The summed E-state index contributed by atoms with van der Waals surface area (Å²) in [6.07, 6.45) is -0.188. The fourth-order valence-corrected chi connectivity index (χ4v) is 5.21. The molecule has 2 aromatic carbocycles. The average molecular weight is 403 g/mol. The maximum Gasteiger partial charge on any atom is 0.307 e. The first-order chi connectivity index (χ1) is 13.2. The second-order valence-corrected chi connectivity index (χ2v) is 9.34. The van der Waals surface area contributed by atoms with Crippen molar-refractivity contribution in [2.24, 2.45) is 0 Å². The first kappa shape index (κ1) is 20.4. The normalized spacial score (nSPS) is 18.2. The third-order valence-electron chi connectivity index (χ3n) is 5.22. The van der Waals surface area contributed by atoms with Crippen molar-refractivity contribution in [2.45, 2.75) is 38.1 Å². The Morgan fingerprint density at radius 1 is 1.14 bits per heavy atom. The standard InChI is InChI=1S/C21H26N2O4S/c1-15-5-4-6-19(11-15)23-10-9-22(14-17(23)3)28(26,27)20-8-7-16(2)18(12-20)13-21(24)25/h4-8,11-12,17H,9-10,13-14H2,1-3H3,(H,24,25). The van der Waals surface area contributed by atoms with Crippen LogP contribution < -0.4 is 4.90 Å². The Kier molecular flexibility index (Phi) is 5.76. The summed E-state index contributed by atoms with van der Waals surface area (Å²) < 4.78 is 27.8. The molecule has 28 heavy (non-hydrogen) atoms. The Morgan fingerprint density at radius 2 is 1.89 bits per heavy atom. The van der Waals surface area contributed by atoms with E-state index in [1.165, 1.54) is 15.9 Å². The highest BCUT2D eigenvalue weighted by Crippen LogP contribution is 2.26. The van der Waals surface area contributed by atoms with Crippen LogP contribution in [0.25, 0.3) is 0 Å². The molecule has 0 spiro atoms. The van der Waals surface area contributed by atoms with E-state index in [1.807, 2.05) is 32.0 Å². The molecule has 0 aliphatic carbocycles. The van der Waals surface area contributed by atoms with Crippen molar-refractivity contribution in [3.8, 4) is 0 Å². The quantitative estimate of drug-likeness (QED) is 0.832. The molecule has 2 aromatic rings. The second-order valence-electron chi connectivity index (χ2n) is 7.40. The van der Waals surface area contributed by atoms with E-state index >= 15 is 0 Å². The van der Waals surface area contributed by atoms with Gasteiger partial charge in [0.2, 0.25) is 10.0 Å². The Morgan fingerprint density at radius 3 is 2.54 bits per heavy atom. The lowest BCUT2D eigenvalue weighted by Crippen LogP contribution is -2.53. The van der Waals surface area contributed by atoms with E-state index in [1.54, 1.807) is 19.1 Å². The molecule has 150 valence electrons. The van der Waals surface area contributed by atoms with Gasteiger partial charge in [0.15, 0.2) is 0 Å². The zero-order valence-corrected chi connectivity index (χ0v) is 17.2. The van der Waals surface area contributed by atoms with Gasteiger partial charge in [-0.1, -0.05) is 18.2 Å². The number of carbonyl (C=O) groups is 1. The summed E-state index contributed by atoms with van der Waals surface area (Å²) in [5, 5.41) is 9.06. The molecule has 0 amide bonds. The SMILES string of the molecule is Cc1cccc(N2CCN(S(=O)(=O)c3ccc(C)c(CC(=O)O)c3)CC2C)c1. The molecular formula is C21H26N2O4S. The first-order valence-corrected chi connectivity index (χ1v) is 10.8. The lowest BCUT2D eigenvalue weighted by Gasteiger charge is -2.40. The molecule has 1 fully saturated rings. The van der Waals surface area contributed by atoms with Gasteiger partial charge in [-0.3, -0.25) is 4.79 Å². The zero-order chi connectivity index (χ0) is 20.5. The van der Waals surface area contributed by atoms with Gasteiger partial charge in [0, 0.05) is 31.4 Å². The number of anilines is 1. The number of nitrogens with zero attached hydrogens (tertiary/aromatic N) is 2. The average Bonchev–Trinajstić information content (AvgIpc) is 2.63. The van der Waals surface area contributed by atoms with E-state index in [2.05, 4.69) is 11.0 Å². The minimum atomic E-state index is -3.67. The monoisotopic (exact) mass is 402 g/mol. The number of sulfonamides is 1. The summed E-state index contributed by atoms with van der Waals surface area (Å²) in [6, 6.07) is 13.0. The molecule has 7 heteroatoms. The number of aliphatic carboxylic acids is 1. The van der Waals surface area contributed by atoms with Gasteiger partial charge in [-0.05, 0) is 61.7 Å². The highest BCUT2D eigenvalue weighted by atomic mass is 32.2. The second kappa shape index (κ2) is 7.93. The van der Waals surface area contributed by atoms with Crippen LogP contribution in [0.3, 0.4) is 0 Å². The van der Waals surface area contributed by atoms with E-state index < -0.39 is 16.0 Å². The first-order valence-electron chi connectivity index (χ1n) is 9.33. The molecule has 1 aliphatic rings. The van der Waals surface area contributed by atoms with Crippen molar-refractivity contribution in [3.63, 3.8) is 0 Å². The van der Waals surface area contributed by atoms with Gasteiger partial charge in [-0.25, -0.2) is 8.42 Å². The smallest absolute Gasteiger partial charge is 0.307 e. The van der Waals surface area contributed by atoms with Crippen molar-refractivity contribution in [3.05, 3.63) is 59.2 Å². The molecule has 1 saturated heterocycles. The van der Waals surface area contributed by atoms with Crippen LogP contribution in [0.5, 0.6) is 0 Å². The Labute approximate surface area is 166 Å². The lowest BCUT2D eigenvalue weighted by atomic mass is 10.1. The van der Waals surface area contributed by atoms with E-state index in [-0.39, 0.29) is 17.4 Å². The van der Waals surface area contributed by atoms with Gasteiger partial charge in [-0.15, -0.1) is 0 Å². The zero-order valence-electron chi connectivity index (χ0n) is 16.4. The number of piperazine rings is 1. The van der Waals surface area contributed by atoms with Gasteiger partial charge >= 0.3 is 5.97 Å². The number of carboxylic acids is 1. The third-order valence-corrected chi connectivity index (χ3v) is 7.08. The van der Waals surface area contributed by atoms with Crippen LogP contribution in [0.15, 0.2) is 47.4 Å². The van der Waals surface area contributed by atoms with Gasteiger partial charge in [0.25, 0.3) is 0 Å². The van der Waals surface area contributed by atoms with Crippen LogP contribution in [0.2, 0.25) is 0 Å². The topological polar surface area (TPSA) is 77.9 Å². The molecule has 1 unspecified atom stereocenters. The summed E-state index contributed by atoms with van der Waals surface area (Å²) >= 11 is 0. The van der Waals surface area contributed by atoms with Crippen molar-refractivity contribution < 1.29 is 18.3 Å². The van der Waals surface area contributed by atoms with Crippen LogP contribution in [0.4, 0.5) is 5.69 Å². The number of hydrogen-bond donors (Lipinski definition) is 1. The summed E-state index contributed by atoms with van der Waals surface area (Å²) in [5.74, 6) is -0.974. The Bertz CT molecular complexity index is 988. The van der Waals surface area contributed by atoms with Gasteiger partial charge in [-0.2, -0.15) is 4.31 Å². The molecule has 0 saturated carbocycles. The van der Waals surface area contributed by atoms with E-state index in [4.69, 9.17) is 5.11 Å². The van der Waals surface area contributed by atoms with E-state index in [0.717, 1.165) is 11.3 Å². The van der Waals surface area contributed by atoms with Crippen molar-refractivity contribution >= 4 is 21.7 Å². The van der Waals surface area contributed by atoms with Gasteiger partial charge in [0.05, 0.1) is 11.3 Å². The fourth-order valence-electron chi connectivity index (χ4n) is 3.64. The molecule has 0 aromatic heterocycles. The van der Waals surface area contributed by atoms with E-state index in [0.29, 0.717) is 25.2 Å². The van der Waals surface area contributed by atoms with Crippen molar-refractivity contribution in [1.82, 2.24) is 4.31 Å². The predicted molar refractivity (Wildman–Crippen MR) is 109 cm³/mol. The van der Waals surface area contributed by atoms with Gasteiger partial charge < -0.3 is 10.0 Å². The fraction of sp³-hybridized carbons (Fsp3) is 0.381. The Hall–Kier alpha value is -2.38. The largest absolute Gasteiger partial charge is 0.481 e. The van der Waals surface area contributed by atoms with Gasteiger partial charge in [0.1, 0.15) is 0 Å².